The largest absolute Gasteiger partial charge is 0.378 e. The van der Waals surface area contributed by atoms with E-state index in [4.69, 9.17) is 4.74 Å². The van der Waals surface area contributed by atoms with Gasteiger partial charge in [-0.2, -0.15) is 4.98 Å². The van der Waals surface area contributed by atoms with Gasteiger partial charge >= 0.3 is 0 Å². The summed E-state index contributed by atoms with van der Waals surface area (Å²) in [6.45, 7) is 4.80. The van der Waals surface area contributed by atoms with E-state index in [-0.39, 0.29) is 11.5 Å². The molecule has 7 nitrogen and oxygen atoms in total. The van der Waals surface area contributed by atoms with E-state index in [1.807, 2.05) is 25.1 Å². The summed E-state index contributed by atoms with van der Waals surface area (Å²) in [5, 5.41) is 6.03. The molecule has 1 aliphatic heterocycles. The number of anilines is 4. The minimum Gasteiger partial charge on any atom is -0.378 e. The molecule has 0 atom stereocenters. The molecule has 0 saturated carbocycles. The van der Waals surface area contributed by atoms with Crippen molar-refractivity contribution in [1.29, 1.82) is 0 Å². The zero-order valence-corrected chi connectivity index (χ0v) is 16.6. The Kier molecular flexibility index (Phi) is 5.85. The standard InChI is InChI=1S/C22H22FN5O2/c1-15-13-20(27-22(24-15)28-9-11-30-12-10-28)25-18-5-7-19(8-6-18)26-21(29)16-3-2-4-17(23)14-16/h2-8,13-14H,9-12H2,1H3,(H,26,29)(H,24,25,27). The molecule has 4 rings (SSSR count). The quantitative estimate of drug-likeness (QED) is 0.671. The molecule has 0 aliphatic carbocycles. The molecule has 0 radical (unpaired) electrons. The molecule has 1 amide bonds. The van der Waals surface area contributed by atoms with E-state index in [1.165, 1.54) is 18.2 Å². The second-order valence-corrected chi connectivity index (χ2v) is 6.96. The third-order valence-corrected chi connectivity index (χ3v) is 4.64. The maximum Gasteiger partial charge on any atom is 0.255 e. The van der Waals surface area contributed by atoms with Gasteiger partial charge in [0.05, 0.1) is 13.2 Å². The number of carbonyl (C=O) groups excluding carboxylic acids is 1. The number of hydrogen-bond donors (Lipinski definition) is 2. The minimum absolute atomic E-state index is 0.268. The molecule has 0 spiro atoms. The normalized spacial score (nSPS) is 13.7. The Labute approximate surface area is 173 Å². The first-order valence-corrected chi connectivity index (χ1v) is 9.69. The number of hydrogen-bond acceptors (Lipinski definition) is 6. The van der Waals surface area contributed by atoms with Crippen LogP contribution in [0.15, 0.2) is 54.6 Å². The fourth-order valence-corrected chi connectivity index (χ4v) is 3.14. The number of ether oxygens (including phenoxy) is 1. The van der Waals surface area contributed by atoms with Crippen molar-refractivity contribution < 1.29 is 13.9 Å². The fraction of sp³-hybridized carbons (Fsp3) is 0.227. The van der Waals surface area contributed by atoms with Crippen LogP contribution in [0.1, 0.15) is 16.1 Å². The van der Waals surface area contributed by atoms with Crippen LogP contribution in [0.4, 0.5) is 27.5 Å². The van der Waals surface area contributed by atoms with Gasteiger partial charge in [-0.15, -0.1) is 0 Å². The maximum atomic E-state index is 13.3. The van der Waals surface area contributed by atoms with Gasteiger partial charge in [0, 0.05) is 41.8 Å². The summed E-state index contributed by atoms with van der Waals surface area (Å²) in [6, 6.07) is 14.7. The number of carbonyl (C=O) groups is 1. The lowest BCUT2D eigenvalue weighted by molar-refractivity contribution is 0.102. The highest BCUT2D eigenvalue weighted by Gasteiger charge is 2.15. The van der Waals surface area contributed by atoms with Crippen LogP contribution in [0.3, 0.4) is 0 Å². The lowest BCUT2D eigenvalue weighted by Gasteiger charge is -2.27. The zero-order chi connectivity index (χ0) is 20.9. The monoisotopic (exact) mass is 407 g/mol. The van der Waals surface area contributed by atoms with Gasteiger partial charge in [-0.1, -0.05) is 6.07 Å². The predicted octanol–water partition coefficient (Wildman–Crippen LogP) is 3.76. The fourth-order valence-electron chi connectivity index (χ4n) is 3.14. The maximum absolute atomic E-state index is 13.3. The van der Waals surface area contributed by atoms with Crippen LogP contribution < -0.4 is 15.5 Å². The number of amides is 1. The average Bonchev–Trinajstić information content (AvgIpc) is 2.75. The lowest BCUT2D eigenvalue weighted by Crippen LogP contribution is -2.37. The number of nitrogens with one attached hydrogen (secondary N) is 2. The summed E-state index contributed by atoms with van der Waals surface area (Å²) in [5.74, 6) is 0.566. The van der Waals surface area contributed by atoms with E-state index in [2.05, 4.69) is 25.5 Å². The highest BCUT2D eigenvalue weighted by molar-refractivity contribution is 6.04. The molecular formula is C22H22FN5O2. The second-order valence-electron chi connectivity index (χ2n) is 6.96. The SMILES string of the molecule is Cc1cc(Nc2ccc(NC(=O)c3cccc(F)c3)cc2)nc(N2CCOCC2)n1. The molecule has 8 heteroatoms. The highest BCUT2D eigenvalue weighted by Crippen LogP contribution is 2.21. The van der Waals surface area contributed by atoms with Crippen molar-refractivity contribution in [2.75, 3.05) is 41.8 Å². The van der Waals surface area contributed by atoms with E-state index in [0.717, 1.165) is 24.5 Å². The number of aromatic nitrogens is 2. The van der Waals surface area contributed by atoms with Crippen LogP contribution in [-0.2, 0) is 4.74 Å². The second kappa shape index (κ2) is 8.87. The summed E-state index contributed by atoms with van der Waals surface area (Å²) >= 11 is 0. The van der Waals surface area contributed by atoms with Crippen molar-refractivity contribution in [3.05, 3.63) is 71.7 Å². The number of morpholine rings is 1. The topological polar surface area (TPSA) is 79.4 Å². The van der Waals surface area contributed by atoms with Crippen LogP contribution in [0.2, 0.25) is 0 Å². The van der Waals surface area contributed by atoms with Crippen LogP contribution >= 0.6 is 0 Å². The summed E-state index contributed by atoms with van der Waals surface area (Å²) in [7, 11) is 0. The molecule has 30 heavy (non-hydrogen) atoms. The molecule has 154 valence electrons. The smallest absolute Gasteiger partial charge is 0.255 e. The molecule has 1 aliphatic rings. The Morgan fingerprint density at radius 3 is 2.50 bits per heavy atom. The molecule has 2 N–H and O–H groups in total. The van der Waals surface area contributed by atoms with E-state index < -0.39 is 5.82 Å². The molecule has 0 bridgehead atoms. The van der Waals surface area contributed by atoms with Crippen molar-refractivity contribution >= 4 is 29.0 Å². The first-order valence-electron chi connectivity index (χ1n) is 9.69. The van der Waals surface area contributed by atoms with Crippen molar-refractivity contribution in [2.45, 2.75) is 6.92 Å². The van der Waals surface area contributed by atoms with Gasteiger partial charge < -0.3 is 20.3 Å². The van der Waals surface area contributed by atoms with E-state index >= 15 is 0 Å². The first kappa shape index (κ1) is 19.8. The number of benzene rings is 2. The number of nitrogens with zero attached hydrogens (tertiary/aromatic N) is 3. The van der Waals surface area contributed by atoms with E-state index in [0.29, 0.717) is 30.7 Å². The van der Waals surface area contributed by atoms with Crippen LogP contribution in [0.25, 0.3) is 0 Å². The van der Waals surface area contributed by atoms with Gasteiger partial charge in [0.15, 0.2) is 0 Å². The Morgan fingerprint density at radius 2 is 1.77 bits per heavy atom. The molecule has 2 heterocycles. The minimum atomic E-state index is -0.446. The summed E-state index contributed by atoms with van der Waals surface area (Å²) in [6.07, 6.45) is 0. The molecule has 1 fully saturated rings. The van der Waals surface area contributed by atoms with Gasteiger partial charge in [-0.3, -0.25) is 4.79 Å². The zero-order valence-electron chi connectivity index (χ0n) is 16.6. The summed E-state index contributed by atoms with van der Waals surface area (Å²) in [5.41, 5.74) is 2.57. The van der Waals surface area contributed by atoms with Crippen molar-refractivity contribution in [3.63, 3.8) is 0 Å². The summed E-state index contributed by atoms with van der Waals surface area (Å²) in [4.78, 5) is 23.5. The molecule has 2 aromatic carbocycles. The van der Waals surface area contributed by atoms with Gasteiger partial charge in [-0.05, 0) is 49.4 Å². The predicted molar refractivity (Wildman–Crippen MR) is 114 cm³/mol. The van der Waals surface area contributed by atoms with E-state index in [1.54, 1.807) is 18.2 Å². The molecular weight excluding hydrogens is 385 g/mol. The van der Waals surface area contributed by atoms with Crippen molar-refractivity contribution in [1.82, 2.24) is 9.97 Å². The molecule has 3 aromatic rings. The number of aryl methyl sites for hydroxylation is 1. The van der Waals surface area contributed by atoms with E-state index in [9.17, 15) is 9.18 Å². The Bertz CT molecular complexity index is 1040. The lowest BCUT2D eigenvalue weighted by atomic mass is 10.2. The average molecular weight is 407 g/mol. The van der Waals surface area contributed by atoms with Gasteiger partial charge in [0.1, 0.15) is 11.6 Å². The third kappa shape index (κ3) is 4.90. The summed E-state index contributed by atoms with van der Waals surface area (Å²) < 4.78 is 18.7. The van der Waals surface area contributed by atoms with Crippen molar-refractivity contribution in [3.8, 4) is 0 Å². The molecule has 1 saturated heterocycles. The van der Waals surface area contributed by atoms with Crippen molar-refractivity contribution in [2.24, 2.45) is 0 Å². The Hall–Kier alpha value is -3.52. The number of rotatable bonds is 5. The van der Waals surface area contributed by atoms with Gasteiger partial charge in [0.2, 0.25) is 5.95 Å². The third-order valence-electron chi connectivity index (χ3n) is 4.64. The van der Waals surface area contributed by atoms with Gasteiger partial charge in [-0.25, -0.2) is 9.37 Å². The molecule has 0 unspecified atom stereocenters. The van der Waals surface area contributed by atoms with Crippen LogP contribution in [0.5, 0.6) is 0 Å². The van der Waals surface area contributed by atoms with Crippen LogP contribution in [0, 0.1) is 12.7 Å². The number of halogens is 1. The Morgan fingerprint density at radius 1 is 1.03 bits per heavy atom. The first-order chi connectivity index (χ1) is 14.6. The Balaban J connectivity index is 1.43. The van der Waals surface area contributed by atoms with Gasteiger partial charge in [0.25, 0.3) is 5.91 Å². The molecule has 1 aromatic heterocycles. The highest BCUT2D eigenvalue weighted by atomic mass is 19.1. The van der Waals surface area contributed by atoms with Crippen LogP contribution in [-0.4, -0.2) is 42.2 Å².